The summed E-state index contributed by atoms with van der Waals surface area (Å²) in [5.74, 6) is -0.443. The van der Waals surface area contributed by atoms with Crippen LogP contribution in [0.5, 0.6) is 0 Å². The first kappa shape index (κ1) is 42.4. The molecule has 270 valence electrons. The van der Waals surface area contributed by atoms with Gasteiger partial charge in [-0.15, -0.1) is 0 Å². The minimum absolute atomic E-state index is 0.0983. The van der Waals surface area contributed by atoms with Gasteiger partial charge in [-0.1, -0.05) is 147 Å². The van der Waals surface area contributed by atoms with Gasteiger partial charge >= 0.3 is 12.1 Å². The third-order valence-electron chi connectivity index (χ3n) is 8.62. The quantitative estimate of drug-likeness (QED) is 0.0540. The second-order valence-electron chi connectivity index (χ2n) is 13.1. The standard InChI is InChI=1S/C39H68N2O6/c1-3-5-7-9-11-13-15-17-22-28-36(47-38(44)29-23-18-16-14-12-10-8-6-4-2)31-37(43)41-35(32-42)27-24-30-40-39(45)46-33-34-25-20-19-21-26-34/h19-21,25-26,35-36,42H,3-18,22-24,27-33H2,1-2H3,(H,40,45)(H,41,43)/t35-,36-/m1/s1. The first-order valence-electron chi connectivity index (χ1n) is 19.0. The summed E-state index contributed by atoms with van der Waals surface area (Å²) in [6, 6.07) is 9.04. The zero-order valence-electron chi connectivity index (χ0n) is 29.9. The number of hydrogen-bond donors (Lipinski definition) is 3. The Hall–Kier alpha value is -2.61. The Bertz CT molecular complexity index is 897. The molecule has 3 N–H and O–H groups in total. The van der Waals surface area contributed by atoms with E-state index in [0.717, 1.165) is 44.1 Å². The normalized spacial score (nSPS) is 12.3. The first-order chi connectivity index (χ1) is 23.0. The molecule has 47 heavy (non-hydrogen) atoms. The van der Waals surface area contributed by atoms with E-state index in [1.807, 2.05) is 30.3 Å². The number of alkyl carbamates (subject to hydrolysis) is 1. The first-order valence-corrected chi connectivity index (χ1v) is 19.0. The van der Waals surface area contributed by atoms with Crippen molar-refractivity contribution in [2.75, 3.05) is 13.2 Å². The molecule has 0 bridgehead atoms. The minimum atomic E-state index is -0.498. The number of aliphatic hydroxyl groups excluding tert-OH is 1. The second kappa shape index (κ2) is 30.7. The van der Waals surface area contributed by atoms with Gasteiger partial charge in [-0.05, 0) is 37.7 Å². The van der Waals surface area contributed by atoms with Crippen molar-refractivity contribution in [3.05, 3.63) is 35.9 Å². The molecule has 1 aromatic rings. The van der Waals surface area contributed by atoms with Crippen molar-refractivity contribution in [3.8, 4) is 0 Å². The van der Waals surface area contributed by atoms with Crippen LogP contribution >= 0.6 is 0 Å². The van der Waals surface area contributed by atoms with Crippen molar-refractivity contribution in [1.82, 2.24) is 10.6 Å². The van der Waals surface area contributed by atoms with Gasteiger partial charge in [0.2, 0.25) is 5.91 Å². The predicted molar refractivity (Wildman–Crippen MR) is 191 cm³/mol. The Kier molecular flexibility index (Phi) is 27.7. The van der Waals surface area contributed by atoms with Crippen molar-refractivity contribution in [3.63, 3.8) is 0 Å². The number of carbonyl (C=O) groups is 3. The topological polar surface area (TPSA) is 114 Å². The van der Waals surface area contributed by atoms with Gasteiger partial charge in [-0.2, -0.15) is 0 Å². The van der Waals surface area contributed by atoms with E-state index < -0.39 is 18.2 Å². The van der Waals surface area contributed by atoms with Crippen LogP contribution in [0, 0.1) is 0 Å². The maximum absolute atomic E-state index is 12.9. The fourth-order valence-electron chi connectivity index (χ4n) is 5.73. The average Bonchev–Trinajstić information content (AvgIpc) is 3.07. The molecule has 0 unspecified atom stereocenters. The van der Waals surface area contributed by atoms with E-state index in [1.165, 1.54) is 77.0 Å². The summed E-state index contributed by atoms with van der Waals surface area (Å²) in [5.41, 5.74) is 0.913. The largest absolute Gasteiger partial charge is 0.462 e. The molecule has 8 heteroatoms. The third-order valence-corrected chi connectivity index (χ3v) is 8.62. The lowest BCUT2D eigenvalue weighted by Gasteiger charge is -2.21. The van der Waals surface area contributed by atoms with Crippen LogP contribution in [0.4, 0.5) is 4.79 Å². The van der Waals surface area contributed by atoms with Crippen molar-refractivity contribution in [2.45, 2.75) is 180 Å². The number of benzene rings is 1. The number of nitrogens with one attached hydrogen (secondary N) is 2. The zero-order chi connectivity index (χ0) is 34.2. The second-order valence-corrected chi connectivity index (χ2v) is 13.1. The highest BCUT2D eigenvalue weighted by atomic mass is 16.5. The molecule has 0 saturated heterocycles. The van der Waals surface area contributed by atoms with Gasteiger partial charge in [0.25, 0.3) is 0 Å². The average molecular weight is 661 g/mol. The number of ether oxygens (including phenoxy) is 2. The lowest BCUT2D eigenvalue weighted by atomic mass is 10.0. The summed E-state index contributed by atoms with van der Waals surface area (Å²) < 4.78 is 11.1. The number of unbranched alkanes of at least 4 members (excludes halogenated alkanes) is 16. The molecule has 0 spiro atoms. The molecule has 0 heterocycles. The summed E-state index contributed by atoms with van der Waals surface area (Å²) >= 11 is 0. The van der Waals surface area contributed by atoms with Crippen molar-refractivity contribution in [2.24, 2.45) is 0 Å². The SMILES string of the molecule is CCCCCCCCCCCC(=O)O[C@H](CCCCCCCCCCC)CC(=O)N[C@@H](CO)CCCNC(=O)OCc1ccccc1. The lowest BCUT2D eigenvalue weighted by molar-refractivity contribution is -0.151. The summed E-state index contributed by atoms with van der Waals surface area (Å²) in [6.45, 7) is 4.83. The fourth-order valence-corrected chi connectivity index (χ4v) is 5.73. The van der Waals surface area contributed by atoms with Gasteiger partial charge in [0, 0.05) is 13.0 Å². The number of rotatable bonds is 31. The summed E-state index contributed by atoms with van der Waals surface area (Å²) in [7, 11) is 0. The van der Waals surface area contributed by atoms with Crippen LogP contribution in [0.15, 0.2) is 30.3 Å². The van der Waals surface area contributed by atoms with Crippen LogP contribution in [0.1, 0.15) is 167 Å². The molecular formula is C39H68N2O6. The van der Waals surface area contributed by atoms with Gasteiger partial charge in [-0.3, -0.25) is 9.59 Å². The minimum Gasteiger partial charge on any atom is -0.462 e. The summed E-state index contributed by atoms with van der Waals surface area (Å²) in [6.07, 6.45) is 22.8. The maximum Gasteiger partial charge on any atom is 0.407 e. The smallest absolute Gasteiger partial charge is 0.407 e. The van der Waals surface area contributed by atoms with Crippen LogP contribution < -0.4 is 10.6 Å². The van der Waals surface area contributed by atoms with Gasteiger partial charge in [0.15, 0.2) is 0 Å². The number of hydrogen-bond acceptors (Lipinski definition) is 6. The van der Waals surface area contributed by atoms with Crippen LogP contribution in [-0.4, -0.2) is 48.4 Å². The van der Waals surface area contributed by atoms with Crippen LogP contribution in [0.3, 0.4) is 0 Å². The number of carbonyl (C=O) groups excluding carboxylic acids is 3. The highest BCUT2D eigenvalue weighted by Gasteiger charge is 2.20. The number of aliphatic hydroxyl groups is 1. The molecule has 2 atom stereocenters. The molecule has 0 saturated carbocycles. The Morgan fingerprint density at radius 3 is 1.83 bits per heavy atom. The van der Waals surface area contributed by atoms with E-state index >= 15 is 0 Å². The molecule has 0 fully saturated rings. The summed E-state index contributed by atoms with van der Waals surface area (Å²) in [5, 5.41) is 15.5. The lowest BCUT2D eigenvalue weighted by Crippen LogP contribution is -2.40. The van der Waals surface area contributed by atoms with Gasteiger partial charge in [0.05, 0.1) is 19.1 Å². The molecule has 1 rings (SSSR count). The molecule has 0 aliphatic carbocycles. The monoisotopic (exact) mass is 661 g/mol. The predicted octanol–water partition coefficient (Wildman–Crippen LogP) is 9.31. The van der Waals surface area contributed by atoms with E-state index in [0.29, 0.717) is 32.2 Å². The Balaban J connectivity index is 2.40. The van der Waals surface area contributed by atoms with E-state index in [9.17, 15) is 19.5 Å². The van der Waals surface area contributed by atoms with E-state index in [1.54, 1.807) is 0 Å². The van der Waals surface area contributed by atoms with Gasteiger partial charge in [-0.25, -0.2) is 4.79 Å². The number of amides is 2. The number of esters is 1. The molecule has 0 aliphatic rings. The molecule has 2 amide bonds. The molecule has 0 aromatic heterocycles. The highest BCUT2D eigenvalue weighted by molar-refractivity contribution is 5.77. The van der Waals surface area contributed by atoms with E-state index in [2.05, 4.69) is 24.5 Å². The van der Waals surface area contributed by atoms with Crippen molar-refractivity contribution >= 4 is 18.0 Å². The Morgan fingerprint density at radius 1 is 0.702 bits per heavy atom. The highest BCUT2D eigenvalue weighted by Crippen LogP contribution is 2.17. The third kappa shape index (κ3) is 26.1. The van der Waals surface area contributed by atoms with Crippen LogP contribution in [0.25, 0.3) is 0 Å². The Labute approximate surface area is 286 Å². The maximum atomic E-state index is 12.9. The van der Waals surface area contributed by atoms with Crippen LogP contribution in [0.2, 0.25) is 0 Å². The molecule has 1 aromatic carbocycles. The van der Waals surface area contributed by atoms with Crippen LogP contribution in [-0.2, 0) is 25.7 Å². The van der Waals surface area contributed by atoms with E-state index in [4.69, 9.17) is 9.47 Å². The Morgan fingerprint density at radius 2 is 1.26 bits per heavy atom. The molecule has 0 aliphatic heterocycles. The van der Waals surface area contributed by atoms with Crippen molar-refractivity contribution in [1.29, 1.82) is 0 Å². The zero-order valence-corrected chi connectivity index (χ0v) is 29.9. The molecular weight excluding hydrogens is 592 g/mol. The van der Waals surface area contributed by atoms with Gasteiger partial charge < -0.3 is 25.2 Å². The molecule has 8 nitrogen and oxygen atoms in total. The fraction of sp³-hybridized carbons (Fsp3) is 0.769. The molecule has 0 radical (unpaired) electrons. The van der Waals surface area contributed by atoms with Gasteiger partial charge in [0.1, 0.15) is 12.7 Å². The summed E-state index contributed by atoms with van der Waals surface area (Å²) in [4.78, 5) is 37.6. The van der Waals surface area contributed by atoms with E-state index in [-0.39, 0.29) is 31.5 Å². The van der Waals surface area contributed by atoms with Crippen molar-refractivity contribution < 1.29 is 29.0 Å².